The summed E-state index contributed by atoms with van der Waals surface area (Å²) in [5, 5.41) is 0. The number of hydrogen-bond acceptors (Lipinski definition) is 15. The van der Waals surface area contributed by atoms with E-state index in [1.54, 1.807) is 55.4 Å². The third-order valence-corrected chi connectivity index (χ3v) is 6.63. The van der Waals surface area contributed by atoms with E-state index < -0.39 is 55.4 Å². The van der Waals surface area contributed by atoms with Gasteiger partial charge in [-0.05, 0) is 55.4 Å². The van der Waals surface area contributed by atoms with Gasteiger partial charge < -0.3 is 37.6 Å². The lowest BCUT2D eigenvalue weighted by atomic mass is 10.2. The van der Waals surface area contributed by atoms with Crippen LogP contribution in [0.2, 0.25) is 0 Å². The molecule has 2 aromatic rings. The summed E-state index contributed by atoms with van der Waals surface area (Å²) < 4.78 is 51.4. The highest BCUT2D eigenvalue weighted by molar-refractivity contribution is 7.53. The van der Waals surface area contributed by atoms with Gasteiger partial charge in [-0.15, -0.1) is 4.90 Å². The SMILES string of the molecule is CCOP(=O)(COC(COC(C)=O)COn1cnc2c(OC)nc(N(C(=O)OC(C)(C)C)C(=O)OC(C)(C)C)nc21)OCC. The number of esters is 1. The van der Waals surface area contributed by atoms with Crippen LogP contribution in [0.5, 0.6) is 5.88 Å². The molecule has 0 saturated heterocycles. The van der Waals surface area contributed by atoms with E-state index in [1.807, 2.05) is 0 Å². The average Bonchev–Trinajstić information content (AvgIpc) is 3.29. The van der Waals surface area contributed by atoms with Crippen LogP contribution in [0, 0.1) is 0 Å². The Labute approximate surface area is 255 Å². The second-order valence-corrected chi connectivity index (χ2v) is 13.0. The minimum Gasteiger partial charge on any atom is -0.479 e. The van der Waals surface area contributed by atoms with Crippen LogP contribution < -0.4 is 14.5 Å². The summed E-state index contributed by atoms with van der Waals surface area (Å²) in [6, 6.07) is 0. The van der Waals surface area contributed by atoms with E-state index in [-0.39, 0.29) is 43.5 Å². The zero-order chi connectivity index (χ0) is 33.3. The predicted molar refractivity (Wildman–Crippen MR) is 156 cm³/mol. The molecule has 0 N–H and O–H groups in total. The summed E-state index contributed by atoms with van der Waals surface area (Å²) in [6.07, 6.45) is -2.32. The second-order valence-electron chi connectivity index (χ2n) is 11.0. The Bertz CT molecular complexity index is 1300. The van der Waals surface area contributed by atoms with Gasteiger partial charge in [-0.1, -0.05) is 0 Å². The first-order chi connectivity index (χ1) is 20.4. The van der Waals surface area contributed by atoms with E-state index in [2.05, 4.69) is 15.0 Å². The van der Waals surface area contributed by atoms with Gasteiger partial charge in [-0.25, -0.2) is 14.6 Å². The standard InChI is InChI=1S/C26H42N5O12P/c1-11-40-44(35,41-12-2)16-38-18(13-37-17(3)32)14-39-30-15-27-19-20(30)28-22(29-21(19)36-10)31(23(33)42-25(4,5)6)24(34)43-26(7,8)9/h15,18H,11-14,16H2,1-10H3. The van der Waals surface area contributed by atoms with E-state index in [1.165, 1.54) is 20.4 Å². The Hall–Kier alpha value is -3.53. The van der Waals surface area contributed by atoms with Gasteiger partial charge in [-0.3, -0.25) is 9.36 Å². The van der Waals surface area contributed by atoms with Crippen molar-refractivity contribution in [3.8, 4) is 5.88 Å². The van der Waals surface area contributed by atoms with Gasteiger partial charge >= 0.3 is 25.8 Å². The first-order valence-electron chi connectivity index (χ1n) is 13.7. The van der Waals surface area contributed by atoms with E-state index in [0.29, 0.717) is 4.90 Å². The highest BCUT2D eigenvalue weighted by Gasteiger charge is 2.36. The van der Waals surface area contributed by atoms with Crippen molar-refractivity contribution in [2.75, 3.05) is 44.8 Å². The minimum absolute atomic E-state index is 0.00971. The number of ether oxygens (including phenoxy) is 5. The number of imide groups is 1. The van der Waals surface area contributed by atoms with Crippen molar-refractivity contribution in [1.29, 1.82) is 0 Å². The number of imidazole rings is 1. The fourth-order valence-electron chi connectivity index (χ4n) is 3.25. The summed E-state index contributed by atoms with van der Waals surface area (Å²) in [4.78, 5) is 56.9. The molecule has 0 aromatic carbocycles. The molecule has 44 heavy (non-hydrogen) atoms. The minimum atomic E-state index is -3.59. The lowest BCUT2D eigenvalue weighted by molar-refractivity contribution is -0.146. The van der Waals surface area contributed by atoms with Crippen molar-refractivity contribution in [3.05, 3.63) is 6.33 Å². The molecular weight excluding hydrogens is 605 g/mol. The van der Waals surface area contributed by atoms with Crippen molar-refractivity contribution < 1.29 is 56.5 Å². The van der Waals surface area contributed by atoms with Crippen LogP contribution in [0.15, 0.2) is 6.33 Å². The molecule has 0 aliphatic carbocycles. The number of hydrogen-bond donors (Lipinski definition) is 0. The molecule has 0 radical (unpaired) electrons. The summed E-state index contributed by atoms with van der Waals surface area (Å²) in [6.45, 7) is 14.0. The molecule has 0 saturated carbocycles. The molecule has 0 fully saturated rings. The van der Waals surface area contributed by atoms with Gasteiger partial charge in [0.05, 0.1) is 20.3 Å². The van der Waals surface area contributed by atoms with E-state index in [0.717, 1.165) is 4.73 Å². The van der Waals surface area contributed by atoms with Crippen LogP contribution >= 0.6 is 7.60 Å². The summed E-state index contributed by atoms with van der Waals surface area (Å²) in [7, 11) is -2.27. The topological polar surface area (TPSA) is 189 Å². The average molecular weight is 648 g/mol. The highest BCUT2D eigenvalue weighted by Crippen LogP contribution is 2.48. The van der Waals surface area contributed by atoms with Gasteiger partial charge in [0.2, 0.25) is 17.5 Å². The Morgan fingerprint density at radius 3 is 2.00 bits per heavy atom. The number of methoxy groups -OCH3 is 1. The molecule has 0 bridgehead atoms. The number of carbonyl (C=O) groups excluding carboxylic acids is 3. The Morgan fingerprint density at radius 1 is 0.955 bits per heavy atom. The molecule has 2 aromatic heterocycles. The van der Waals surface area contributed by atoms with Crippen LogP contribution in [0.4, 0.5) is 15.5 Å². The van der Waals surface area contributed by atoms with Crippen molar-refractivity contribution >= 4 is 42.9 Å². The maximum Gasteiger partial charge on any atom is 0.427 e. The molecule has 17 nitrogen and oxygen atoms in total. The summed E-state index contributed by atoms with van der Waals surface area (Å²) in [5.74, 6) is -1.10. The molecule has 2 rings (SSSR count). The lowest BCUT2D eigenvalue weighted by Crippen LogP contribution is -2.44. The quantitative estimate of drug-likeness (QED) is 0.162. The van der Waals surface area contributed by atoms with Crippen molar-refractivity contribution in [2.24, 2.45) is 0 Å². The predicted octanol–water partition coefficient (Wildman–Crippen LogP) is 4.11. The molecule has 0 spiro atoms. The normalized spacial score (nSPS) is 12.9. The first kappa shape index (κ1) is 36.7. The fourth-order valence-corrected chi connectivity index (χ4v) is 4.66. The molecule has 0 aliphatic rings. The van der Waals surface area contributed by atoms with Crippen LogP contribution in [-0.4, -0.2) is 95.0 Å². The van der Waals surface area contributed by atoms with Crippen LogP contribution in [0.1, 0.15) is 62.3 Å². The molecule has 1 atom stereocenters. The smallest absolute Gasteiger partial charge is 0.427 e. The first-order valence-corrected chi connectivity index (χ1v) is 15.5. The van der Waals surface area contributed by atoms with Gasteiger partial charge in [-0.2, -0.15) is 14.7 Å². The monoisotopic (exact) mass is 647 g/mol. The maximum absolute atomic E-state index is 13.2. The molecule has 2 amide bonds. The Kier molecular flexibility index (Phi) is 12.9. The number of nitrogens with zero attached hydrogens (tertiary/aromatic N) is 5. The van der Waals surface area contributed by atoms with Gasteiger partial charge in [0.1, 0.15) is 43.2 Å². The van der Waals surface area contributed by atoms with Crippen LogP contribution in [-0.2, 0) is 37.4 Å². The number of anilines is 1. The molecule has 18 heteroatoms. The van der Waals surface area contributed by atoms with Crippen molar-refractivity contribution in [3.63, 3.8) is 0 Å². The molecule has 1 unspecified atom stereocenters. The number of carbonyl (C=O) groups is 3. The van der Waals surface area contributed by atoms with Gasteiger partial charge in [0.25, 0.3) is 0 Å². The lowest BCUT2D eigenvalue weighted by Gasteiger charge is -2.27. The summed E-state index contributed by atoms with van der Waals surface area (Å²) >= 11 is 0. The highest BCUT2D eigenvalue weighted by atomic mass is 31.2. The number of rotatable bonds is 14. The van der Waals surface area contributed by atoms with E-state index >= 15 is 0 Å². The van der Waals surface area contributed by atoms with Crippen molar-refractivity contribution in [1.82, 2.24) is 19.7 Å². The Morgan fingerprint density at radius 2 is 1.52 bits per heavy atom. The number of amides is 2. The molecule has 248 valence electrons. The molecule has 2 heterocycles. The molecular formula is C26H42N5O12P. The summed E-state index contributed by atoms with van der Waals surface area (Å²) in [5.41, 5.74) is -1.83. The third kappa shape index (κ3) is 11.2. The third-order valence-electron chi connectivity index (χ3n) is 4.86. The fraction of sp³-hybridized carbons (Fsp3) is 0.692. The number of fused-ring (bicyclic) bond motifs is 1. The van der Waals surface area contributed by atoms with Gasteiger partial charge in [0.15, 0.2) is 5.52 Å². The maximum atomic E-state index is 13.2. The van der Waals surface area contributed by atoms with Crippen LogP contribution in [0.3, 0.4) is 0 Å². The largest absolute Gasteiger partial charge is 0.479 e. The van der Waals surface area contributed by atoms with Gasteiger partial charge in [0, 0.05) is 6.92 Å². The van der Waals surface area contributed by atoms with E-state index in [9.17, 15) is 18.9 Å². The van der Waals surface area contributed by atoms with Crippen molar-refractivity contribution in [2.45, 2.75) is 79.6 Å². The zero-order valence-corrected chi connectivity index (χ0v) is 27.7. The molecule has 0 aliphatic heterocycles. The number of aromatic nitrogens is 4. The van der Waals surface area contributed by atoms with Crippen LogP contribution in [0.25, 0.3) is 11.2 Å². The second kappa shape index (κ2) is 15.5. The van der Waals surface area contributed by atoms with E-state index in [4.69, 9.17) is 37.6 Å². The Balaban J connectivity index is 2.46. The zero-order valence-electron chi connectivity index (χ0n) is 26.8.